The Morgan fingerprint density at radius 1 is 1.05 bits per heavy atom. The molecule has 2 aliphatic carbocycles. The highest BCUT2D eigenvalue weighted by atomic mass is 16.4. The number of aliphatic carboxylic acids is 1. The van der Waals surface area contributed by atoms with E-state index in [1.165, 1.54) is 0 Å². The maximum absolute atomic E-state index is 12.6. The van der Waals surface area contributed by atoms with E-state index in [1.807, 2.05) is 24.1 Å². The number of piperazine rings is 1. The first-order valence-corrected chi connectivity index (χ1v) is 6.96. The Bertz CT molecular complexity index is 426. The molecule has 0 aromatic heterocycles. The van der Waals surface area contributed by atoms with Crippen molar-refractivity contribution >= 4 is 11.9 Å². The van der Waals surface area contributed by atoms with Gasteiger partial charge in [0.2, 0.25) is 5.91 Å². The lowest BCUT2D eigenvalue weighted by molar-refractivity contribution is -0.151. The molecule has 1 heterocycles. The number of rotatable bonds is 2. The van der Waals surface area contributed by atoms with Crippen molar-refractivity contribution in [2.75, 3.05) is 33.2 Å². The zero-order valence-corrected chi connectivity index (χ0v) is 11.2. The number of likely N-dealkylation sites (N-methyl/N-ethyl adjacent to an activating group) is 1. The van der Waals surface area contributed by atoms with Crippen LogP contribution >= 0.6 is 0 Å². The minimum atomic E-state index is -0.815. The molecule has 1 amide bonds. The fraction of sp³-hybridized carbons (Fsp3) is 0.714. The van der Waals surface area contributed by atoms with Crippen LogP contribution in [-0.4, -0.2) is 60.0 Å². The highest BCUT2D eigenvalue weighted by Crippen LogP contribution is 2.48. The van der Waals surface area contributed by atoms with Crippen molar-refractivity contribution in [3.63, 3.8) is 0 Å². The molecule has 0 spiro atoms. The van der Waals surface area contributed by atoms with E-state index in [0.29, 0.717) is 0 Å². The van der Waals surface area contributed by atoms with Crippen LogP contribution in [0.4, 0.5) is 0 Å². The third-order valence-corrected chi connectivity index (χ3v) is 4.84. The molecular formula is C14H20N2O3. The fourth-order valence-electron chi connectivity index (χ4n) is 3.73. The highest BCUT2D eigenvalue weighted by Gasteiger charge is 2.52. The van der Waals surface area contributed by atoms with Gasteiger partial charge in [0.25, 0.3) is 0 Å². The van der Waals surface area contributed by atoms with Crippen LogP contribution in [0.15, 0.2) is 12.2 Å². The largest absolute Gasteiger partial charge is 0.481 e. The number of nitrogens with zero attached hydrogens (tertiary/aromatic N) is 2. The van der Waals surface area contributed by atoms with E-state index >= 15 is 0 Å². The molecule has 2 bridgehead atoms. The van der Waals surface area contributed by atoms with Crippen molar-refractivity contribution in [1.29, 1.82) is 0 Å². The zero-order chi connectivity index (χ0) is 13.6. The van der Waals surface area contributed by atoms with Crippen molar-refractivity contribution in [3.8, 4) is 0 Å². The summed E-state index contributed by atoms with van der Waals surface area (Å²) in [6.45, 7) is 3.19. The summed E-state index contributed by atoms with van der Waals surface area (Å²) in [5.74, 6) is -1.41. The van der Waals surface area contributed by atoms with E-state index in [1.54, 1.807) is 0 Å². The zero-order valence-electron chi connectivity index (χ0n) is 11.2. The van der Waals surface area contributed by atoms with E-state index in [-0.39, 0.29) is 23.7 Å². The standard InChI is InChI=1S/C14H20N2O3/c1-15-4-6-16(7-5-15)13(17)11-9-2-3-10(8-9)12(11)14(18)19/h2-3,9-12H,4-8H2,1H3,(H,18,19)/t9-,10-,11-,12-/m0/s1. The smallest absolute Gasteiger partial charge is 0.307 e. The van der Waals surface area contributed by atoms with Gasteiger partial charge in [-0.25, -0.2) is 0 Å². The number of carboxylic acids is 1. The fourth-order valence-corrected chi connectivity index (χ4v) is 3.73. The summed E-state index contributed by atoms with van der Waals surface area (Å²) in [5, 5.41) is 9.38. The predicted octanol–water partition coefficient (Wildman–Crippen LogP) is 0.283. The van der Waals surface area contributed by atoms with Gasteiger partial charge in [-0.2, -0.15) is 0 Å². The highest BCUT2D eigenvalue weighted by molar-refractivity contribution is 5.87. The van der Waals surface area contributed by atoms with Crippen LogP contribution in [-0.2, 0) is 9.59 Å². The molecule has 1 N–H and O–H groups in total. The molecule has 3 aliphatic rings. The second-order valence-electron chi connectivity index (χ2n) is 5.97. The van der Waals surface area contributed by atoms with Crippen LogP contribution in [0.25, 0.3) is 0 Å². The molecule has 5 nitrogen and oxygen atoms in total. The van der Waals surface area contributed by atoms with Crippen LogP contribution < -0.4 is 0 Å². The van der Waals surface area contributed by atoms with Gasteiger partial charge in [-0.05, 0) is 25.3 Å². The van der Waals surface area contributed by atoms with Crippen LogP contribution in [0.3, 0.4) is 0 Å². The number of hydrogen-bond donors (Lipinski definition) is 1. The summed E-state index contributed by atoms with van der Waals surface area (Å²) in [6, 6.07) is 0. The van der Waals surface area contributed by atoms with Gasteiger partial charge in [-0.3, -0.25) is 9.59 Å². The quantitative estimate of drug-likeness (QED) is 0.728. The van der Waals surface area contributed by atoms with Gasteiger partial charge >= 0.3 is 5.97 Å². The second kappa shape index (κ2) is 4.63. The molecule has 19 heavy (non-hydrogen) atoms. The third-order valence-electron chi connectivity index (χ3n) is 4.84. The van der Waals surface area contributed by atoms with Crippen LogP contribution in [0, 0.1) is 23.7 Å². The van der Waals surface area contributed by atoms with Crippen molar-refractivity contribution < 1.29 is 14.7 Å². The van der Waals surface area contributed by atoms with Crippen LogP contribution in [0.5, 0.6) is 0 Å². The van der Waals surface area contributed by atoms with Gasteiger partial charge in [0, 0.05) is 26.2 Å². The Labute approximate surface area is 112 Å². The predicted molar refractivity (Wildman–Crippen MR) is 69.4 cm³/mol. The van der Waals surface area contributed by atoms with E-state index in [0.717, 1.165) is 32.6 Å². The van der Waals surface area contributed by atoms with E-state index in [4.69, 9.17) is 0 Å². The number of carboxylic acid groups (broad SMARTS) is 1. The lowest BCUT2D eigenvalue weighted by Gasteiger charge is -2.36. The van der Waals surface area contributed by atoms with Gasteiger partial charge in [0.05, 0.1) is 11.8 Å². The monoisotopic (exact) mass is 264 g/mol. The molecule has 1 saturated carbocycles. The minimum Gasteiger partial charge on any atom is -0.481 e. The molecule has 0 aromatic carbocycles. The van der Waals surface area contributed by atoms with Gasteiger partial charge in [-0.15, -0.1) is 0 Å². The first kappa shape index (κ1) is 12.7. The number of carbonyl (C=O) groups is 2. The van der Waals surface area contributed by atoms with Gasteiger partial charge in [0.1, 0.15) is 0 Å². The molecule has 104 valence electrons. The Morgan fingerprint density at radius 3 is 2.21 bits per heavy atom. The van der Waals surface area contributed by atoms with Crippen molar-refractivity contribution in [2.24, 2.45) is 23.7 Å². The molecule has 2 fully saturated rings. The lowest BCUT2D eigenvalue weighted by atomic mass is 9.82. The molecule has 5 heteroatoms. The Hall–Kier alpha value is -1.36. The third kappa shape index (κ3) is 2.06. The minimum absolute atomic E-state index is 0.0531. The number of amides is 1. The molecule has 0 radical (unpaired) electrons. The summed E-state index contributed by atoms with van der Waals surface area (Å²) in [6.07, 6.45) is 4.86. The Kier molecular flexibility index (Phi) is 3.09. The Balaban J connectivity index is 1.75. The first-order valence-electron chi connectivity index (χ1n) is 6.96. The molecule has 0 unspecified atom stereocenters. The second-order valence-corrected chi connectivity index (χ2v) is 5.97. The van der Waals surface area contributed by atoms with E-state index in [9.17, 15) is 14.7 Å². The van der Waals surface area contributed by atoms with Gasteiger partial charge < -0.3 is 14.9 Å². The normalized spacial score (nSPS) is 37.8. The van der Waals surface area contributed by atoms with E-state index < -0.39 is 11.9 Å². The summed E-state index contributed by atoms with van der Waals surface area (Å²) in [5.41, 5.74) is 0. The van der Waals surface area contributed by atoms with E-state index in [2.05, 4.69) is 4.90 Å². The van der Waals surface area contributed by atoms with Crippen molar-refractivity contribution in [3.05, 3.63) is 12.2 Å². The Morgan fingerprint density at radius 2 is 1.63 bits per heavy atom. The van der Waals surface area contributed by atoms with Gasteiger partial charge in [0.15, 0.2) is 0 Å². The summed E-state index contributed by atoms with van der Waals surface area (Å²) in [7, 11) is 2.04. The van der Waals surface area contributed by atoms with Gasteiger partial charge in [-0.1, -0.05) is 12.2 Å². The van der Waals surface area contributed by atoms with Crippen molar-refractivity contribution in [2.45, 2.75) is 6.42 Å². The molecule has 1 saturated heterocycles. The number of carbonyl (C=O) groups excluding carboxylic acids is 1. The van der Waals surface area contributed by atoms with Crippen LogP contribution in [0.2, 0.25) is 0 Å². The maximum Gasteiger partial charge on any atom is 0.307 e. The molecule has 1 aliphatic heterocycles. The van der Waals surface area contributed by atoms with Crippen molar-refractivity contribution in [1.82, 2.24) is 9.80 Å². The summed E-state index contributed by atoms with van der Waals surface area (Å²) in [4.78, 5) is 28.1. The lowest BCUT2D eigenvalue weighted by Crippen LogP contribution is -2.51. The van der Waals surface area contributed by atoms with Crippen LogP contribution in [0.1, 0.15) is 6.42 Å². The molecule has 3 rings (SSSR count). The topological polar surface area (TPSA) is 60.9 Å². The molecular weight excluding hydrogens is 244 g/mol. The SMILES string of the molecule is CN1CCN(C(=O)[C@@H]2[C@@H](C(=O)O)[C@H]3C=C[C@H]2C3)CC1. The number of hydrogen-bond acceptors (Lipinski definition) is 3. The molecule has 0 aromatic rings. The maximum atomic E-state index is 12.6. The average Bonchev–Trinajstić information content (AvgIpc) is 2.98. The summed E-state index contributed by atoms with van der Waals surface area (Å²) < 4.78 is 0. The first-order chi connectivity index (χ1) is 9.08. The number of allylic oxidation sites excluding steroid dienone is 2. The molecule has 4 atom stereocenters. The number of fused-ring (bicyclic) bond motifs is 2. The average molecular weight is 264 g/mol. The summed E-state index contributed by atoms with van der Waals surface area (Å²) >= 11 is 0.